The number of hydrogen-bond donors (Lipinski definition) is 1. The minimum atomic E-state index is -0.0353. The Labute approximate surface area is 167 Å². The smallest absolute Gasteiger partial charge is 0.322 e. The van der Waals surface area contributed by atoms with Gasteiger partial charge in [-0.3, -0.25) is 0 Å². The first-order chi connectivity index (χ1) is 13.5. The number of rotatable bonds is 3. The fourth-order valence-electron chi connectivity index (χ4n) is 4.42. The summed E-state index contributed by atoms with van der Waals surface area (Å²) in [5.74, 6) is 1.48. The molecule has 28 heavy (non-hydrogen) atoms. The average molecular weight is 382 g/mol. The number of carbonyl (C=O) groups is 1. The van der Waals surface area contributed by atoms with E-state index in [9.17, 15) is 4.79 Å². The highest BCUT2D eigenvalue weighted by Crippen LogP contribution is 2.29. The Hall–Kier alpha value is -2.50. The zero-order chi connectivity index (χ0) is 19.7. The summed E-state index contributed by atoms with van der Waals surface area (Å²) in [5, 5.41) is 3.16. The van der Waals surface area contributed by atoms with E-state index in [2.05, 4.69) is 41.7 Å². The molecule has 0 saturated carbocycles. The van der Waals surface area contributed by atoms with Crippen molar-refractivity contribution in [3.05, 3.63) is 41.5 Å². The van der Waals surface area contributed by atoms with Gasteiger partial charge < -0.3 is 19.7 Å². The molecular weight excluding hydrogens is 350 g/mol. The van der Waals surface area contributed by atoms with E-state index in [0.29, 0.717) is 12.5 Å². The minimum absolute atomic E-state index is 0.0353. The number of anilines is 2. The van der Waals surface area contributed by atoms with E-state index in [-0.39, 0.29) is 6.03 Å². The van der Waals surface area contributed by atoms with Crippen molar-refractivity contribution in [3.63, 3.8) is 0 Å². The summed E-state index contributed by atoms with van der Waals surface area (Å²) >= 11 is 0. The van der Waals surface area contributed by atoms with Crippen LogP contribution < -0.4 is 10.2 Å². The van der Waals surface area contributed by atoms with Crippen LogP contribution in [0.1, 0.15) is 56.2 Å². The molecule has 0 atom stereocenters. The normalized spacial score (nSPS) is 17.0. The van der Waals surface area contributed by atoms with Crippen LogP contribution in [-0.2, 0) is 20.0 Å². The van der Waals surface area contributed by atoms with Crippen LogP contribution in [0.5, 0.6) is 0 Å². The molecule has 1 aromatic carbocycles. The average Bonchev–Trinajstić information content (AvgIpc) is 3.05. The van der Waals surface area contributed by atoms with Crippen LogP contribution in [0.2, 0.25) is 0 Å². The highest BCUT2D eigenvalue weighted by Gasteiger charge is 2.27. The second-order valence-electron chi connectivity index (χ2n) is 8.24. The number of para-hydroxylation sites is 2. The minimum Gasteiger partial charge on any atom is -0.370 e. The maximum atomic E-state index is 13.0. The fourth-order valence-corrected chi connectivity index (χ4v) is 4.42. The van der Waals surface area contributed by atoms with Crippen molar-refractivity contribution in [2.75, 3.05) is 29.9 Å². The molecule has 0 unspecified atom stereocenters. The maximum absolute atomic E-state index is 13.0. The van der Waals surface area contributed by atoms with Crippen LogP contribution in [0.3, 0.4) is 0 Å². The van der Waals surface area contributed by atoms with E-state index < -0.39 is 0 Å². The number of piperidine rings is 1. The summed E-state index contributed by atoms with van der Waals surface area (Å²) in [6, 6.07) is 8.13. The zero-order valence-corrected chi connectivity index (χ0v) is 17.2. The Bertz CT molecular complexity index is 851. The van der Waals surface area contributed by atoms with E-state index in [1.165, 1.54) is 25.0 Å². The zero-order valence-electron chi connectivity index (χ0n) is 17.2. The number of hydrogen-bond acceptors (Lipinski definition) is 3. The first kappa shape index (κ1) is 18.8. The van der Waals surface area contributed by atoms with Gasteiger partial charge >= 0.3 is 6.03 Å². The molecule has 0 bridgehead atoms. The highest BCUT2D eigenvalue weighted by atomic mass is 16.2. The second-order valence-corrected chi connectivity index (χ2v) is 8.24. The van der Waals surface area contributed by atoms with Crippen molar-refractivity contribution in [1.29, 1.82) is 0 Å². The molecule has 2 aliphatic heterocycles. The number of nitrogens with zero attached hydrogens (tertiary/aromatic N) is 4. The van der Waals surface area contributed by atoms with Gasteiger partial charge in [0.1, 0.15) is 5.82 Å². The standard InChI is InChI=1S/C22H31N5O/c1-16(2)21-23-18-15-27(14-11-19(18)25(21)3)22(28)24-17-9-5-6-10-20(17)26-12-7-4-8-13-26/h5-6,9-10,16H,4,7-8,11-15H2,1-3H3,(H,24,28). The number of aromatic nitrogens is 2. The molecule has 0 radical (unpaired) electrons. The molecule has 2 aromatic rings. The lowest BCUT2D eigenvalue weighted by molar-refractivity contribution is 0.205. The number of nitrogens with one attached hydrogen (secondary N) is 1. The number of urea groups is 1. The summed E-state index contributed by atoms with van der Waals surface area (Å²) in [6.07, 6.45) is 4.58. The lowest BCUT2D eigenvalue weighted by Gasteiger charge is -2.32. The molecular formula is C22H31N5O. The molecule has 3 heterocycles. The molecule has 1 N–H and O–H groups in total. The molecule has 6 nitrogen and oxygen atoms in total. The van der Waals surface area contributed by atoms with E-state index >= 15 is 0 Å². The van der Waals surface area contributed by atoms with Gasteiger partial charge in [0, 0.05) is 44.7 Å². The molecule has 4 rings (SSSR count). The predicted octanol–water partition coefficient (Wildman–Crippen LogP) is 4.12. The molecule has 6 heteroatoms. The van der Waals surface area contributed by atoms with Crippen molar-refractivity contribution in [2.24, 2.45) is 7.05 Å². The van der Waals surface area contributed by atoms with Crippen molar-refractivity contribution in [3.8, 4) is 0 Å². The Morgan fingerprint density at radius 1 is 1.11 bits per heavy atom. The van der Waals surface area contributed by atoms with Gasteiger partial charge in [-0.15, -0.1) is 0 Å². The SMILES string of the molecule is CC(C)c1nc2c(n1C)CCN(C(=O)Nc1ccccc1N1CCCCC1)C2. The first-order valence-corrected chi connectivity index (χ1v) is 10.5. The van der Waals surface area contributed by atoms with Gasteiger partial charge in [0.2, 0.25) is 0 Å². The highest BCUT2D eigenvalue weighted by molar-refractivity contribution is 5.93. The molecule has 0 aliphatic carbocycles. The first-order valence-electron chi connectivity index (χ1n) is 10.5. The van der Waals surface area contributed by atoms with Crippen LogP contribution >= 0.6 is 0 Å². The third-order valence-corrected chi connectivity index (χ3v) is 5.94. The molecule has 0 spiro atoms. The van der Waals surface area contributed by atoms with Crippen LogP contribution in [0.4, 0.5) is 16.2 Å². The van der Waals surface area contributed by atoms with E-state index in [0.717, 1.165) is 48.9 Å². The van der Waals surface area contributed by atoms with Gasteiger partial charge in [0.05, 0.1) is 23.6 Å². The van der Waals surface area contributed by atoms with E-state index in [4.69, 9.17) is 4.98 Å². The van der Waals surface area contributed by atoms with Crippen LogP contribution in [-0.4, -0.2) is 40.1 Å². The van der Waals surface area contributed by atoms with E-state index in [1.807, 2.05) is 23.1 Å². The van der Waals surface area contributed by atoms with Gasteiger partial charge in [-0.2, -0.15) is 0 Å². The van der Waals surface area contributed by atoms with Crippen molar-refractivity contribution in [1.82, 2.24) is 14.5 Å². The molecule has 1 aromatic heterocycles. The van der Waals surface area contributed by atoms with Crippen molar-refractivity contribution in [2.45, 2.75) is 52.0 Å². The summed E-state index contributed by atoms with van der Waals surface area (Å²) in [6.45, 7) is 7.75. The Morgan fingerprint density at radius 3 is 2.61 bits per heavy atom. The monoisotopic (exact) mass is 381 g/mol. The van der Waals surface area contributed by atoms with Crippen LogP contribution in [0.25, 0.3) is 0 Å². The molecule has 150 valence electrons. The third-order valence-electron chi connectivity index (χ3n) is 5.94. The van der Waals surface area contributed by atoms with Crippen molar-refractivity contribution >= 4 is 17.4 Å². The number of carbonyl (C=O) groups excluding carboxylic acids is 1. The quantitative estimate of drug-likeness (QED) is 0.870. The van der Waals surface area contributed by atoms with Gasteiger partial charge in [-0.05, 0) is 31.4 Å². The Kier molecular flexibility index (Phi) is 5.29. The lowest BCUT2D eigenvalue weighted by Crippen LogP contribution is -2.39. The van der Waals surface area contributed by atoms with Gasteiger partial charge in [-0.1, -0.05) is 26.0 Å². The lowest BCUT2D eigenvalue weighted by atomic mass is 10.1. The summed E-state index contributed by atoms with van der Waals surface area (Å²) < 4.78 is 2.21. The van der Waals surface area contributed by atoms with Crippen LogP contribution in [0.15, 0.2) is 24.3 Å². The molecule has 1 saturated heterocycles. The second kappa shape index (κ2) is 7.86. The number of imidazole rings is 1. The summed E-state index contributed by atoms with van der Waals surface area (Å²) in [4.78, 5) is 22.1. The summed E-state index contributed by atoms with van der Waals surface area (Å²) in [7, 11) is 2.09. The number of fused-ring (bicyclic) bond motifs is 1. The molecule has 2 aliphatic rings. The van der Waals surface area contributed by atoms with Crippen LogP contribution in [0, 0.1) is 0 Å². The third kappa shape index (κ3) is 3.60. The van der Waals surface area contributed by atoms with Gasteiger partial charge in [0.25, 0.3) is 0 Å². The topological polar surface area (TPSA) is 53.4 Å². The fraction of sp³-hybridized carbons (Fsp3) is 0.545. The largest absolute Gasteiger partial charge is 0.370 e. The van der Waals surface area contributed by atoms with E-state index in [1.54, 1.807) is 0 Å². The van der Waals surface area contributed by atoms with Gasteiger partial charge in [0.15, 0.2) is 0 Å². The maximum Gasteiger partial charge on any atom is 0.322 e. The summed E-state index contributed by atoms with van der Waals surface area (Å²) in [5.41, 5.74) is 4.34. The number of benzene rings is 1. The Morgan fingerprint density at radius 2 is 1.86 bits per heavy atom. The van der Waals surface area contributed by atoms with Crippen molar-refractivity contribution < 1.29 is 4.79 Å². The number of amides is 2. The molecule has 1 fully saturated rings. The Balaban J connectivity index is 1.49. The van der Waals surface area contributed by atoms with Gasteiger partial charge in [-0.25, -0.2) is 9.78 Å². The predicted molar refractivity (Wildman–Crippen MR) is 113 cm³/mol. The molecule has 2 amide bonds.